The average Bonchev–Trinajstić information content (AvgIpc) is 2.93. The van der Waals surface area contributed by atoms with Crippen LogP contribution in [-0.2, 0) is 0 Å². The number of hydrogen-bond acceptors (Lipinski definition) is 2. The zero-order chi connectivity index (χ0) is 50.5. The van der Waals surface area contributed by atoms with Crippen molar-refractivity contribution in [3.05, 3.63) is 58.7 Å². The Balaban J connectivity index is 3.16. The maximum absolute atomic E-state index is 3.66. The Kier molecular flexibility index (Phi) is 17.5. The van der Waals surface area contributed by atoms with E-state index in [9.17, 15) is 0 Å². The van der Waals surface area contributed by atoms with Crippen LogP contribution in [0.1, 0.15) is 49.9 Å². The molecular formula is C50H108N2Si12. The smallest absolute Gasteiger partial charge is 0.262 e. The van der Waals surface area contributed by atoms with E-state index in [1.54, 1.807) is 11.4 Å². The second-order valence-corrected chi connectivity index (χ2v) is 100. The predicted molar refractivity (Wildman–Crippen MR) is 332 cm³/mol. The summed E-state index contributed by atoms with van der Waals surface area (Å²) in [7, 11) is -21.4. The lowest BCUT2D eigenvalue weighted by Gasteiger charge is -2.77. The summed E-state index contributed by atoms with van der Waals surface area (Å²) < 4.78 is 7.32. The van der Waals surface area contributed by atoms with E-state index in [-0.39, 0.29) is 0 Å². The van der Waals surface area contributed by atoms with Crippen molar-refractivity contribution >= 4 is 108 Å². The highest BCUT2D eigenvalue weighted by Crippen LogP contribution is 2.65. The van der Waals surface area contributed by atoms with E-state index < -0.39 is 97.0 Å². The predicted octanol–water partition coefficient (Wildman–Crippen LogP) is 17.6. The molecule has 0 atom stereocenters. The van der Waals surface area contributed by atoms with Gasteiger partial charge in [0.15, 0.2) is 0 Å². The molecule has 366 valence electrons. The van der Waals surface area contributed by atoms with E-state index in [2.05, 4.69) is 257 Å². The van der Waals surface area contributed by atoms with Gasteiger partial charge in [-0.1, -0.05) is 227 Å². The van der Waals surface area contributed by atoms with E-state index in [1.165, 1.54) is 22.3 Å². The zero-order valence-electron chi connectivity index (χ0n) is 48.8. The van der Waals surface area contributed by atoms with E-state index in [4.69, 9.17) is 0 Å². The summed E-state index contributed by atoms with van der Waals surface area (Å²) in [5, 5.41) is 0. The maximum atomic E-state index is 3.66. The number of hydrogen-bond donors (Lipinski definition) is 0. The summed E-state index contributed by atoms with van der Waals surface area (Å²) >= 11 is 0. The SMILES string of the molecule is Cc1cc(C)cc(N2[Si]([Si](C(C)C)(C([Si](C)(C)C)[Si](C)(C)C)C([Si](C)(C)C)[Si](C)(C)C)N(c3cc(C)cc(C)c3)[Si]2[Si](C(C)C)(C([Si](C)(C)C)[Si](C)(C)C)C([Si](C)(C)C)[Si](C)(C)C)c1. The standard InChI is InChI=1S/C50H108N2Si12/c1-39(2)63(47(55(9,10)11)56(12,13)14,48(57(15,16)17)58(18,19)20)53-51(45-35-41(5)33-42(6)36-45)54(52(53)46-37-43(7)34-44(8)38-46)64(40(3)4,49(59(21,22)23)60(24,25)26)50(61(27,28)29)62(30,31)32/h33-40,47-50H,1-32H3. The molecule has 1 saturated heterocycles. The van der Waals surface area contributed by atoms with Gasteiger partial charge in [0.1, 0.15) is 0 Å². The van der Waals surface area contributed by atoms with E-state index >= 15 is 0 Å². The Morgan fingerprint density at radius 2 is 0.453 bits per heavy atom. The van der Waals surface area contributed by atoms with Crippen LogP contribution in [0.3, 0.4) is 0 Å². The third kappa shape index (κ3) is 11.4. The first-order valence-corrected chi connectivity index (χ1v) is 63.5. The van der Waals surface area contributed by atoms with Crippen molar-refractivity contribution in [3.63, 3.8) is 0 Å². The third-order valence-corrected chi connectivity index (χ3v) is 121. The van der Waals surface area contributed by atoms with Gasteiger partial charge in [-0.15, -0.1) is 0 Å². The van der Waals surface area contributed by atoms with Crippen molar-refractivity contribution in [2.45, 2.75) is 243 Å². The van der Waals surface area contributed by atoms with Gasteiger partial charge in [-0.3, -0.25) is 0 Å². The van der Waals surface area contributed by atoms with Crippen molar-refractivity contribution in [1.82, 2.24) is 0 Å². The molecule has 0 saturated carbocycles. The van der Waals surface area contributed by atoms with Crippen LogP contribution in [0.5, 0.6) is 0 Å². The minimum Gasteiger partial charge on any atom is -0.397 e. The first kappa shape index (κ1) is 59.0. The lowest BCUT2D eigenvalue weighted by molar-refractivity contribution is 0.972. The molecule has 0 unspecified atom stereocenters. The second-order valence-electron chi connectivity index (χ2n) is 30.8. The summed E-state index contributed by atoms with van der Waals surface area (Å²) in [4.78, 5) is 3.72. The molecule has 2 radical (unpaired) electrons. The van der Waals surface area contributed by atoms with Gasteiger partial charge in [-0.25, -0.2) is 0 Å². The molecule has 0 N–H and O–H groups in total. The molecular weight excluding hydrogens is 966 g/mol. The van der Waals surface area contributed by atoms with Crippen LogP contribution in [-0.4, -0.2) is 97.0 Å². The van der Waals surface area contributed by atoms with Gasteiger partial charge in [0.25, 0.3) is 17.3 Å². The molecule has 1 aliphatic heterocycles. The maximum Gasteiger partial charge on any atom is 0.262 e. The highest BCUT2D eigenvalue weighted by Gasteiger charge is 2.80. The van der Waals surface area contributed by atoms with Crippen molar-refractivity contribution in [3.8, 4) is 0 Å². The number of benzene rings is 2. The number of aryl methyl sites for hydroxylation is 4. The van der Waals surface area contributed by atoms with E-state index in [0.717, 1.165) is 30.2 Å². The van der Waals surface area contributed by atoms with Gasteiger partial charge in [0, 0.05) is 76.0 Å². The summed E-state index contributed by atoms with van der Waals surface area (Å²) in [6.45, 7) is 90.4. The van der Waals surface area contributed by atoms with Gasteiger partial charge in [0.2, 0.25) is 0 Å². The van der Waals surface area contributed by atoms with Gasteiger partial charge in [0.05, 0.1) is 15.2 Å². The van der Waals surface area contributed by atoms with Crippen molar-refractivity contribution in [2.24, 2.45) is 0 Å². The molecule has 0 amide bonds. The lowest BCUT2D eigenvalue weighted by Crippen LogP contribution is -2.99. The second kappa shape index (κ2) is 19.0. The number of anilines is 2. The lowest BCUT2D eigenvalue weighted by atomic mass is 10.1. The molecule has 3 rings (SSSR count). The Labute approximate surface area is 415 Å². The molecule has 1 fully saturated rings. The van der Waals surface area contributed by atoms with Gasteiger partial charge < -0.3 is 8.46 Å². The summed E-state index contributed by atoms with van der Waals surface area (Å²) in [5.41, 5.74) is 10.7. The fourth-order valence-electron chi connectivity index (χ4n) is 17.4. The molecule has 0 spiro atoms. The highest BCUT2D eigenvalue weighted by atomic mass is 29.3. The Hall–Kier alpha value is 0.643. The molecule has 0 aliphatic carbocycles. The normalized spacial score (nSPS) is 16.8. The van der Waals surface area contributed by atoms with Crippen LogP contribution >= 0.6 is 0 Å². The van der Waals surface area contributed by atoms with Crippen LogP contribution in [0.2, 0.25) is 187 Å². The Morgan fingerprint density at radius 3 is 0.578 bits per heavy atom. The molecule has 0 bridgehead atoms. The zero-order valence-corrected chi connectivity index (χ0v) is 60.8. The molecule has 2 aromatic carbocycles. The Bertz CT molecular complexity index is 1620. The van der Waals surface area contributed by atoms with Crippen LogP contribution in [0.4, 0.5) is 11.4 Å². The fraction of sp³-hybridized carbons (Fsp3) is 0.760. The minimum atomic E-state index is -2.37. The molecule has 1 aliphatic rings. The highest BCUT2D eigenvalue weighted by molar-refractivity contribution is 7.63. The molecule has 14 heteroatoms. The van der Waals surface area contributed by atoms with Crippen molar-refractivity contribution in [2.75, 3.05) is 8.46 Å². The van der Waals surface area contributed by atoms with Crippen molar-refractivity contribution < 1.29 is 0 Å². The van der Waals surface area contributed by atoms with E-state index in [1.807, 2.05) is 0 Å². The first-order valence-electron chi connectivity index (χ1n) is 25.7. The Morgan fingerprint density at radius 1 is 0.297 bits per heavy atom. The first-order chi connectivity index (χ1) is 28.1. The largest absolute Gasteiger partial charge is 0.397 e. The summed E-state index contributed by atoms with van der Waals surface area (Å²) in [6, 6.07) is 16.1. The summed E-state index contributed by atoms with van der Waals surface area (Å²) in [5.74, 6) is 0. The van der Waals surface area contributed by atoms with Crippen LogP contribution in [0, 0.1) is 27.7 Å². The molecule has 2 aromatic rings. The summed E-state index contributed by atoms with van der Waals surface area (Å²) in [6.07, 6.45) is 0. The topological polar surface area (TPSA) is 6.48 Å². The quantitative estimate of drug-likeness (QED) is 0.137. The van der Waals surface area contributed by atoms with Crippen LogP contribution in [0.15, 0.2) is 36.4 Å². The number of nitrogens with zero attached hydrogens (tertiary/aromatic N) is 2. The van der Waals surface area contributed by atoms with Gasteiger partial charge >= 0.3 is 0 Å². The molecule has 0 aromatic heterocycles. The van der Waals surface area contributed by atoms with Gasteiger partial charge in [-0.05, 0) is 74.2 Å². The molecule has 2 nitrogen and oxygen atoms in total. The average molecular weight is 1070 g/mol. The monoisotopic (exact) mass is 1070 g/mol. The minimum absolute atomic E-state index is 0.725. The van der Waals surface area contributed by atoms with Crippen LogP contribution in [0.25, 0.3) is 0 Å². The van der Waals surface area contributed by atoms with Crippen LogP contribution < -0.4 is 8.46 Å². The number of rotatable bonds is 18. The van der Waals surface area contributed by atoms with E-state index in [0.29, 0.717) is 0 Å². The molecule has 1 heterocycles. The van der Waals surface area contributed by atoms with Crippen molar-refractivity contribution in [1.29, 1.82) is 0 Å². The molecule has 64 heavy (non-hydrogen) atoms. The van der Waals surface area contributed by atoms with Gasteiger partial charge in [-0.2, -0.15) is 0 Å². The fourth-order valence-corrected chi connectivity index (χ4v) is 197. The third-order valence-electron chi connectivity index (χ3n) is 15.3.